The average molecular weight is 584 g/mol. The molecule has 2 N–H and O–H groups in total. The maximum atomic E-state index is 13.2. The number of benzene rings is 2. The number of hydrogen-bond acceptors (Lipinski definition) is 5. The van der Waals surface area contributed by atoms with Gasteiger partial charge in [-0.05, 0) is 104 Å². The van der Waals surface area contributed by atoms with Crippen molar-refractivity contribution < 1.29 is 18.5 Å². The number of nitrogens with zero attached hydrogens (tertiary/aromatic N) is 2. The van der Waals surface area contributed by atoms with Gasteiger partial charge in [0.05, 0.1) is 18.4 Å². The van der Waals surface area contributed by atoms with Crippen LogP contribution in [0.25, 0.3) is 0 Å². The molecule has 40 heavy (non-hydrogen) atoms. The number of rotatable bonds is 1. The number of carbonyl (C=O) groups excluding carboxylic acids is 1. The van der Waals surface area contributed by atoms with Crippen molar-refractivity contribution in [1.29, 1.82) is 0 Å². The maximum absolute atomic E-state index is 13.2. The summed E-state index contributed by atoms with van der Waals surface area (Å²) in [7, 11) is -1.37. The molecule has 0 radical (unpaired) electrons. The van der Waals surface area contributed by atoms with Gasteiger partial charge in [0.1, 0.15) is 15.7 Å². The van der Waals surface area contributed by atoms with Crippen LogP contribution in [-0.4, -0.2) is 42.2 Å². The zero-order valence-corrected chi connectivity index (χ0v) is 24.5. The molecule has 2 bridgehead atoms. The minimum absolute atomic E-state index is 0.0180. The van der Waals surface area contributed by atoms with Gasteiger partial charge >= 0.3 is 0 Å². The molecule has 214 valence electrons. The summed E-state index contributed by atoms with van der Waals surface area (Å²) in [6.45, 7) is 2.08. The zero-order chi connectivity index (χ0) is 27.9. The first-order chi connectivity index (χ1) is 19.3. The first kappa shape index (κ1) is 27.8. The van der Waals surface area contributed by atoms with E-state index in [2.05, 4.69) is 33.5 Å². The number of amides is 1. The largest absolute Gasteiger partial charge is 0.491 e. The third kappa shape index (κ3) is 5.96. The Labute approximate surface area is 242 Å². The fraction of sp³-hybridized carbons (Fsp3) is 0.516. The molecule has 4 aliphatic rings. The Kier molecular flexibility index (Phi) is 7.96. The van der Waals surface area contributed by atoms with Crippen molar-refractivity contribution in [2.45, 2.75) is 57.1 Å². The number of fused-ring (bicyclic) bond motifs is 5. The lowest BCUT2D eigenvalue weighted by molar-refractivity contribution is 0.0134. The van der Waals surface area contributed by atoms with Crippen LogP contribution in [0.2, 0.25) is 5.02 Å². The minimum Gasteiger partial charge on any atom is -0.491 e. The van der Waals surface area contributed by atoms with Gasteiger partial charge in [0, 0.05) is 36.5 Å². The van der Waals surface area contributed by atoms with Crippen LogP contribution in [0, 0.1) is 17.8 Å². The normalized spacial score (nSPS) is 33.0. The molecule has 2 heterocycles. The van der Waals surface area contributed by atoms with E-state index in [1.165, 1.54) is 11.1 Å². The van der Waals surface area contributed by atoms with Crippen LogP contribution < -0.4 is 14.8 Å². The molecule has 0 aromatic heterocycles. The Bertz CT molecular complexity index is 1440. The van der Waals surface area contributed by atoms with Crippen LogP contribution in [0.3, 0.4) is 0 Å². The molecule has 2 fully saturated rings. The van der Waals surface area contributed by atoms with E-state index in [1.54, 1.807) is 13.2 Å². The van der Waals surface area contributed by atoms with Crippen molar-refractivity contribution >= 4 is 33.1 Å². The van der Waals surface area contributed by atoms with Gasteiger partial charge in [-0.2, -0.15) is 0 Å². The average Bonchev–Trinajstić information content (AvgIpc) is 3.68. The minimum atomic E-state index is -3.14. The molecule has 6 rings (SSSR count). The van der Waals surface area contributed by atoms with E-state index in [0.717, 1.165) is 48.7 Å². The Hall–Kier alpha value is -2.39. The second-order valence-corrected chi connectivity index (χ2v) is 14.1. The Balaban J connectivity index is 1.46. The van der Waals surface area contributed by atoms with E-state index >= 15 is 0 Å². The molecule has 7 nitrogen and oxygen atoms in total. The van der Waals surface area contributed by atoms with Gasteiger partial charge in [-0.25, -0.2) is 9.35 Å². The first-order valence-corrected chi connectivity index (χ1v) is 16.5. The predicted molar refractivity (Wildman–Crippen MR) is 159 cm³/mol. The molecule has 0 saturated heterocycles. The number of halogens is 1. The van der Waals surface area contributed by atoms with Crippen molar-refractivity contribution in [3.8, 4) is 5.75 Å². The molecule has 1 amide bonds. The first-order valence-electron chi connectivity index (χ1n) is 14.4. The molecule has 0 spiro atoms. The number of anilines is 1. The monoisotopic (exact) mass is 583 g/mol. The summed E-state index contributed by atoms with van der Waals surface area (Å²) in [4.78, 5) is 15.6. The highest BCUT2D eigenvalue weighted by atomic mass is 35.5. The van der Waals surface area contributed by atoms with E-state index in [1.807, 2.05) is 18.2 Å². The van der Waals surface area contributed by atoms with Gasteiger partial charge in [0.15, 0.2) is 0 Å². The molecular formula is C31H38ClN3O4S. The van der Waals surface area contributed by atoms with E-state index in [0.29, 0.717) is 55.2 Å². The van der Waals surface area contributed by atoms with Gasteiger partial charge in [0.25, 0.3) is 5.91 Å². The summed E-state index contributed by atoms with van der Waals surface area (Å²) in [5, 5.41) is 6.77. The summed E-state index contributed by atoms with van der Waals surface area (Å²) in [5.41, 5.74) is 3.79. The van der Waals surface area contributed by atoms with E-state index < -0.39 is 15.8 Å². The number of methoxy groups -OCH3 is 1. The van der Waals surface area contributed by atoms with Crippen LogP contribution in [-0.2, 0) is 21.2 Å². The van der Waals surface area contributed by atoms with E-state index in [9.17, 15) is 9.00 Å². The quantitative estimate of drug-likeness (QED) is 0.409. The summed E-state index contributed by atoms with van der Waals surface area (Å²) < 4.78 is 29.2. The number of ether oxygens (including phenoxy) is 2. The zero-order valence-electron chi connectivity index (χ0n) is 23.0. The van der Waals surface area contributed by atoms with Crippen molar-refractivity contribution in [3.63, 3.8) is 0 Å². The van der Waals surface area contributed by atoms with Crippen molar-refractivity contribution in [2.75, 3.05) is 30.9 Å². The van der Waals surface area contributed by atoms with Gasteiger partial charge in [-0.1, -0.05) is 29.8 Å². The fourth-order valence-electron chi connectivity index (χ4n) is 6.61. The summed E-state index contributed by atoms with van der Waals surface area (Å²) in [6, 6.07) is 11.7. The molecule has 2 aromatic rings. The molecule has 1 unspecified atom stereocenters. The van der Waals surface area contributed by atoms with Crippen LogP contribution in [0.5, 0.6) is 5.75 Å². The molecule has 2 aromatic carbocycles. The summed E-state index contributed by atoms with van der Waals surface area (Å²) >= 11 is 6.48. The van der Waals surface area contributed by atoms with E-state index in [4.69, 9.17) is 26.2 Å². The standard InChI is InChI=1S/C31H38ClN3O4S/c1-38-29-5-3-2-4-14-40(33,37)34-31(36)21-8-11-30-28(16-21)35(18-22-7-10-25(22)29)19-23-6-9-24(32)17-27(23)26-15-20(26)12-13-39-30/h3,5-6,8-9,11,16-17,20,22,25-26,29H,2,4,7,10,12-15,18-19H2,1H3,(H2,33,34,36,37)/b5-3+/t20-,22+,25-,26+,29+,40?/m1/s1. The highest BCUT2D eigenvalue weighted by Crippen LogP contribution is 2.52. The highest BCUT2D eigenvalue weighted by molar-refractivity contribution is 7.91. The lowest BCUT2D eigenvalue weighted by Crippen LogP contribution is -2.43. The molecule has 2 aliphatic heterocycles. The molecule has 6 atom stereocenters. The number of hydrogen-bond donors (Lipinski definition) is 1. The lowest BCUT2D eigenvalue weighted by Gasteiger charge is -2.43. The van der Waals surface area contributed by atoms with Gasteiger partial charge < -0.3 is 14.4 Å². The van der Waals surface area contributed by atoms with Crippen LogP contribution >= 0.6 is 11.6 Å². The molecule has 2 aliphatic carbocycles. The Morgan fingerprint density at radius 1 is 1.15 bits per heavy atom. The number of carbonyl (C=O) groups is 1. The van der Waals surface area contributed by atoms with Crippen LogP contribution in [0.4, 0.5) is 5.69 Å². The van der Waals surface area contributed by atoms with Gasteiger partial charge in [0.2, 0.25) is 0 Å². The number of allylic oxidation sites excluding steroid dienone is 1. The Morgan fingerprint density at radius 3 is 2.83 bits per heavy atom. The molecular weight excluding hydrogens is 546 g/mol. The third-order valence-electron chi connectivity index (χ3n) is 9.08. The van der Waals surface area contributed by atoms with Crippen LogP contribution in [0.15, 0.2) is 52.9 Å². The smallest absolute Gasteiger partial charge is 0.286 e. The second-order valence-electron chi connectivity index (χ2n) is 11.7. The van der Waals surface area contributed by atoms with Gasteiger partial charge in [-0.15, -0.1) is 4.36 Å². The summed E-state index contributed by atoms with van der Waals surface area (Å²) in [5.74, 6) is 2.27. The fourth-order valence-corrected chi connectivity index (χ4v) is 7.84. The van der Waals surface area contributed by atoms with Crippen molar-refractivity contribution in [2.24, 2.45) is 27.3 Å². The van der Waals surface area contributed by atoms with Crippen molar-refractivity contribution in [1.82, 2.24) is 0 Å². The van der Waals surface area contributed by atoms with E-state index in [-0.39, 0.29) is 11.9 Å². The highest BCUT2D eigenvalue weighted by Gasteiger charge is 2.41. The molecule has 9 heteroatoms. The second kappa shape index (κ2) is 11.5. The van der Waals surface area contributed by atoms with Gasteiger partial charge in [-0.3, -0.25) is 4.79 Å². The lowest BCUT2D eigenvalue weighted by atomic mass is 9.70. The topological polar surface area (TPSA) is 94.2 Å². The number of nitrogens with two attached hydrogens (primary N) is 1. The SMILES string of the molecule is CO[C@H]1/C=C/CCCS(N)(=O)=NC(=O)c2ccc3c(c2)N(Cc2ccc(Cl)cc2[C@H]2C[C@H]2CCO3)C[C@@H]2CC[C@H]21. The van der Waals surface area contributed by atoms with Crippen molar-refractivity contribution in [3.05, 3.63) is 70.3 Å². The summed E-state index contributed by atoms with van der Waals surface area (Å²) in [6.07, 6.45) is 9.88. The van der Waals surface area contributed by atoms with Crippen LogP contribution in [0.1, 0.15) is 65.9 Å². The predicted octanol–water partition coefficient (Wildman–Crippen LogP) is 6.11. The third-order valence-corrected chi connectivity index (χ3v) is 10.7. The maximum Gasteiger partial charge on any atom is 0.286 e. The Morgan fingerprint density at radius 2 is 2.02 bits per heavy atom. The molecule has 2 saturated carbocycles.